The highest BCUT2D eigenvalue weighted by Crippen LogP contribution is 2.14. The fourth-order valence-electron chi connectivity index (χ4n) is 2.35. The van der Waals surface area contributed by atoms with Crippen LogP contribution in [0.15, 0.2) is 36.4 Å². The van der Waals surface area contributed by atoms with E-state index in [2.05, 4.69) is 30.1 Å². The van der Waals surface area contributed by atoms with E-state index in [1.54, 1.807) is 0 Å². The lowest BCUT2D eigenvalue weighted by Gasteiger charge is -2.22. The Kier molecular flexibility index (Phi) is 4.88. The number of ether oxygens (including phenoxy) is 1. The third-order valence-corrected chi connectivity index (χ3v) is 3.36. The summed E-state index contributed by atoms with van der Waals surface area (Å²) in [6.07, 6.45) is 1.80. The van der Waals surface area contributed by atoms with Gasteiger partial charge in [0.2, 0.25) is 0 Å². The summed E-state index contributed by atoms with van der Waals surface area (Å²) in [5.41, 5.74) is 8.28. The first-order valence-electron chi connectivity index (χ1n) is 6.96. The Hall–Kier alpha value is -1.45. The van der Waals surface area contributed by atoms with Crippen molar-refractivity contribution in [3.8, 4) is 0 Å². The zero-order chi connectivity index (χ0) is 13.7. The topological polar surface area (TPSA) is 48.1 Å². The number of hydrogen-bond acceptors (Lipinski definition) is 3. The van der Waals surface area contributed by atoms with Crippen molar-refractivity contribution in [3.05, 3.63) is 42.1 Å². The SMILES string of the molecule is CCOC(CC)C(N)Cc1ccc2ccccc2n1. The van der Waals surface area contributed by atoms with Crippen LogP contribution in [-0.2, 0) is 11.2 Å². The Bertz CT molecular complexity index is 527. The maximum absolute atomic E-state index is 6.23. The Morgan fingerprint density at radius 3 is 2.68 bits per heavy atom. The van der Waals surface area contributed by atoms with Crippen molar-refractivity contribution in [2.75, 3.05) is 6.61 Å². The molecule has 0 aliphatic carbocycles. The van der Waals surface area contributed by atoms with Crippen LogP contribution in [0.2, 0.25) is 0 Å². The van der Waals surface area contributed by atoms with Crippen LogP contribution in [0.5, 0.6) is 0 Å². The van der Waals surface area contributed by atoms with Crippen LogP contribution < -0.4 is 5.73 Å². The van der Waals surface area contributed by atoms with Gasteiger partial charge < -0.3 is 10.5 Å². The molecule has 0 radical (unpaired) electrons. The fourth-order valence-corrected chi connectivity index (χ4v) is 2.35. The van der Waals surface area contributed by atoms with E-state index in [0.29, 0.717) is 6.61 Å². The predicted octanol–water partition coefficient (Wildman–Crippen LogP) is 2.92. The molecule has 0 saturated carbocycles. The minimum Gasteiger partial charge on any atom is -0.377 e. The van der Waals surface area contributed by atoms with Gasteiger partial charge in [-0.15, -0.1) is 0 Å². The minimum atomic E-state index is -0.00128. The zero-order valence-corrected chi connectivity index (χ0v) is 11.7. The van der Waals surface area contributed by atoms with Gasteiger partial charge in [-0.1, -0.05) is 31.2 Å². The van der Waals surface area contributed by atoms with Gasteiger partial charge in [0.05, 0.1) is 11.6 Å². The van der Waals surface area contributed by atoms with Gasteiger partial charge in [0.15, 0.2) is 0 Å². The average molecular weight is 258 g/mol. The molecule has 1 aromatic carbocycles. The molecule has 0 spiro atoms. The molecule has 0 aliphatic heterocycles. The molecule has 3 nitrogen and oxygen atoms in total. The number of para-hydroxylation sites is 1. The summed E-state index contributed by atoms with van der Waals surface area (Å²) < 4.78 is 5.66. The number of pyridine rings is 1. The van der Waals surface area contributed by atoms with Crippen molar-refractivity contribution in [1.82, 2.24) is 4.98 Å². The quantitative estimate of drug-likeness (QED) is 0.866. The average Bonchev–Trinajstić information content (AvgIpc) is 2.44. The first-order chi connectivity index (χ1) is 9.24. The van der Waals surface area contributed by atoms with Crippen LogP contribution in [0.3, 0.4) is 0 Å². The Morgan fingerprint density at radius 2 is 1.95 bits per heavy atom. The Labute approximate surface area is 114 Å². The number of hydrogen-bond donors (Lipinski definition) is 1. The van der Waals surface area contributed by atoms with Gasteiger partial charge in [0.1, 0.15) is 0 Å². The van der Waals surface area contributed by atoms with Gasteiger partial charge in [0.25, 0.3) is 0 Å². The van der Waals surface area contributed by atoms with Gasteiger partial charge >= 0.3 is 0 Å². The normalized spacial score (nSPS) is 14.5. The largest absolute Gasteiger partial charge is 0.377 e. The maximum Gasteiger partial charge on any atom is 0.0727 e. The fraction of sp³-hybridized carbons (Fsp3) is 0.438. The molecule has 1 aromatic heterocycles. The van der Waals surface area contributed by atoms with Crippen LogP contribution in [0.25, 0.3) is 10.9 Å². The molecule has 0 amide bonds. The summed E-state index contributed by atoms with van der Waals surface area (Å²) in [6.45, 7) is 4.81. The highest BCUT2D eigenvalue weighted by Gasteiger charge is 2.17. The number of benzene rings is 1. The smallest absolute Gasteiger partial charge is 0.0727 e. The molecule has 3 heteroatoms. The summed E-state index contributed by atoms with van der Waals surface area (Å²) in [4.78, 5) is 4.66. The second-order valence-corrected chi connectivity index (χ2v) is 4.77. The van der Waals surface area contributed by atoms with Gasteiger partial charge in [-0.25, -0.2) is 0 Å². The lowest BCUT2D eigenvalue weighted by molar-refractivity contribution is 0.0415. The monoisotopic (exact) mass is 258 g/mol. The summed E-state index contributed by atoms with van der Waals surface area (Å²) in [5, 5.41) is 1.16. The molecule has 2 rings (SSSR count). The lowest BCUT2D eigenvalue weighted by Crippen LogP contribution is -2.38. The number of fused-ring (bicyclic) bond motifs is 1. The first-order valence-corrected chi connectivity index (χ1v) is 6.96. The molecule has 102 valence electrons. The number of rotatable bonds is 6. The molecular weight excluding hydrogens is 236 g/mol. The molecule has 19 heavy (non-hydrogen) atoms. The van der Waals surface area contributed by atoms with Gasteiger partial charge in [-0.05, 0) is 25.5 Å². The van der Waals surface area contributed by atoms with Crippen molar-refractivity contribution in [1.29, 1.82) is 0 Å². The van der Waals surface area contributed by atoms with E-state index in [4.69, 9.17) is 10.5 Å². The summed E-state index contributed by atoms with van der Waals surface area (Å²) in [5.74, 6) is 0. The van der Waals surface area contributed by atoms with Crippen LogP contribution in [0, 0.1) is 0 Å². The Morgan fingerprint density at radius 1 is 1.16 bits per heavy atom. The van der Waals surface area contributed by atoms with Crippen molar-refractivity contribution in [2.45, 2.75) is 38.8 Å². The molecule has 0 bridgehead atoms. The van der Waals surface area contributed by atoms with Crippen LogP contribution in [0.4, 0.5) is 0 Å². The molecule has 0 aliphatic rings. The highest BCUT2D eigenvalue weighted by atomic mass is 16.5. The van der Waals surface area contributed by atoms with Gasteiger partial charge in [-0.2, -0.15) is 0 Å². The second kappa shape index (κ2) is 6.64. The molecule has 1 heterocycles. The van der Waals surface area contributed by atoms with E-state index in [-0.39, 0.29) is 12.1 Å². The van der Waals surface area contributed by atoms with E-state index < -0.39 is 0 Å². The minimum absolute atomic E-state index is 0.00128. The standard InChI is InChI=1S/C16H22N2O/c1-3-16(19-4-2)14(17)11-13-10-9-12-7-5-6-8-15(12)18-13/h5-10,14,16H,3-4,11,17H2,1-2H3. The van der Waals surface area contributed by atoms with E-state index in [1.165, 1.54) is 0 Å². The molecule has 2 atom stereocenters. The molecular formula is C16H22N2O. The first kappa shape index (κ1) is 14.0. The number of nitrogens with two attached hydrogens (primary N) is 1. The molecule has 2 unspecified atom stereocenters. The van der Waals surface area contributed by atoms with E-state index in [1.807, 2.05) is 25.1 Å². The van der Waals surface area contributed by atoms with E-state index in [9.17, 15) is 0 Å². The van der Waals surface area contributed by atoms with Crippen LogP contribution in [-0.4, -0.2) is 23.7 Å². The summed E-state index contributed by atoms with van der Waals surface area (Å²) in [7, 11) is 0. The third kappa shape index (κ3) is 3.52. The van der Waals surface area contributed by atoms with Crippen molar-refractivity contribution >= 4 is 10.9 Å². The second-order valence-electron chi connectivity index (χ2n) is 4.77. The molecule has 0 fully saturated rings. The number of nitrogens with zero attached hydrogens (tertiary/aromatic N) is 1. The highest BCUT2D eigenvalue weighted by molar-refractivity contribution is 5.78. The maximum atomic E-state index is 6.23. The van der Waals surface area contributed by atoms with Gasteiger partial charge in [0, 0.05) is 30.1 Å². The van der Waals surface area contributed by atoms with Gasteiger partial charge in [-0.3, -0.25) is 4.98 Å². The van der Waals surface area contributed by atoms with E-state index >= 15 is 0 Å². The molecule has 0 saturated heterocycles. The number of aromatic nitrogens is 1. The zero-order valence-electron chi connectivity index (χ0n) is 11.7. The molecule has 2 N–H and O–H groups in total. The van der Waals surface area contributed by atoms with Crippen molar-refractivity contribution < 1.29 is 4.74 Å². The third-order valence-electron chi connectivity index (χ3n) is 3.36. The van der Waals surface area contributed by atoms with Crippen molar-refractivity contribution in [2.24, 2.45) is 5.73 Å². The Balaban J connectivity index is 2.11. The lowest BCUT2D eigenvalue weighted by atomic mass is 10.0. The molecule has 2 aromatic rings. The summed E-state index contributed by atoms with van der Waals surface area (Å²) in [6, 6.07) is 12.3. The predicted molar refractivity (Wildman–Crippen MR) is 79.1 cm³/mol. The summed E-state index contributed by atoms with van der Waals surface area (Å²) >= 11 is 0. The van der Waals surface area contributed by atoms with E-state index in [0.717, 1.165) is 29.4 Å². The van der Waals surface area contributed by atoms with Crippen LogP contribution in [0.1, 0.15) is 26.0 Å². The van der Waals surface area contributed by atoms with Crippen LogP contribution >= 0.6 is 0 Å². The van der Waals surface area contributed by atoms with Crippen molar-refractivity contribution in [3.63, 3.8) is 0 Å².